The zero-order valence-corrected chi connectivity index (χ0v) is 28.4. The Labute approximate surface area is 268 Å². The second kappa shape index (κ2) is 276. The molecule has 0 heterocycles. The van der Waals surface area contributed by atoms with Crippen LogP contribution in [0.4, 0.5) is 14.1 Å². The number of rotatable bonds is 3. The van der Waals surface area contributed by atoms with Crippen molar-refractivity contribution in [3.8, 4) is 0 Å². The van der Waals surface area contributed by atoms with E-state index < -0.39 is 5.97 Å². The lowest BCUT2D eigenvalue weighted by atomic mass is 10.6. The molecule has 0 rings (SSSR count). The fourth-order valence-electron chi connectivity index (χ4n) is 0. The Kier molecular flexibility index (Phi) is 798. The van der Waals surface area contributed by atoms with Crippen molar-refractivity contribution < 1.29 is 43.1 Å². The van der Waals surface area contributed by atoms with E-state index in [1.807, 2.05) is 55.9 Å². The average Bonchev–Trinajstić information content (AvgIpc) is 2.89. The monoisotopic (exact) mass is 661 g/mol. The number of ether oxygens (including phenoxy) is 1. The van der Waals surface area contributed by atoms with Gasteiger partial charge in [-0.2, -0.15) is 0 Å². The maximum atomic E-state index is 9.70. The van der Waals surface area contributed by atoms with E-state index in [0.29, 0.717) is 6.47 Å². The zero-order chi connectivity index (χ0) is 32.4. The van der Waals surface area contributed by atoms with E-state index >= 15 is 0 Å². The predicted octanol–water partition coefficient (Wildman–Crippen LogP) is 4.72. The zero-order valence-electron chi connectivity index (χ0n) is 28.4. The highest BCUT2D eigenvalue weighted by molar-refractivity contribution is 5.72. The minimum absolute atomic E-state index is 0. The number of carbonyl (C=O) groups excluding carboxylic acids is 3. The summed E-state index contributed by atoms with van der Waals surface area (Å²) in [4.78, 5) is 37.1. The van der Waals surface area contributed by atoms with E-state index in [1.165, 1.54) is 42.0 Å². The van der Waals surface area contributed by atoms with Crippen LogP contribution in [0.25, 0.3) is 0 Å². The van der Waals surface area contributed by atoms with Crippen LogP contribution in [0.2, 0.25) is 0 Å². The Morgan fingerprint density at radius 2 is 0.744 bits per heavy atom. The Hall–Kier alpha value is -2.33. The number of Topliss-reactive ketones (excluding diaryl/α,β-unsaturated/α-hetero) is 1. The van der Waals surface area contributed by atoms with Gasteiger partial charge in [-0.25, -0.2) is 0 Å². The molecule has 0 aliphatic heterocycles. The molecule has 0 fully saturated rings. The second-order valence-corrected chi connectivity index (χ2v) is 4.48. The minimum Gasteiger partial charge on any atom is -0.481 e. The molecule has 0 aliphatic rings. The van der Waals surface area contributed by atoms with Crippen LogP contribution in [0.5, 0.6) is 0 Å². The SMILES string of the molecule is C.C.C.C.CC.CC.CC(=O)O.CC(C)=O.CCNC.CCNC.CN.CN.CNC.CNC(C)=O.COC=O.F.F.F. The molecular weight excluding hydrogens is 573 g/mol. The first-order valence-corrected chi connectivity index (χ1v) is 11.7. The van der Waals surface area contributed by atoms with E-state index in [4.69, 9.17) is 14.7 Å². The van der Waals surface area contributed by atoms with E-state index in [1.54, 1.807) is 7.05 Å². The van der Waals surface area contributed by atoms with E-state index in [2.05, 4.69) is 51.3 Å². The Bertz CT molecular complexity index is 290. The third-order valence-electron chi connectivity index (χ3n) is 1.16. The topological polar surface area (TPSA) is 198 Å². The average molecular weight is 661 g/mol. The molecule has 0 unspecified atom stereocenters. The van der Waals surface area contributed by atoms with Gasteiger partial charge in [0.2, 0.25) is 5.91 Å². The summed E-state index contributed by atoms with van der Waals surface area (Å²) in [5.41, 5.74) is 9.00. The van der Waals surface area contributed by atoms with Gasteiger partial charge in [-0.3, -0.25) is 28.5 Å². The third kappa shape index (κ3) is 7900. The fourth-order valence-corrected chi connectivity index (χ4v) is 0. The summed E-state index contributed by atoms with van der Waals surface area (Å²) in [5.74, 6) is -0.662. The van der Waals surface area contributed by atoms with Crippen LogP contribution in [0.15, 0.2) is 0 Å². The number of amides is 1. The first-order chi connectivity index (χ1) is 16.9. The molecule has 43 heavy (non-hydrogen) atoms. The summed E-state index contributed by atoms with van der Waals surface area (Å²) in [7, 11) is 13.5. The van der Waals surface area contributed by atoms with Gasteiger partial charge < -0.3 is 47.4 Å². The summed E-state index contributed by atoms with van der Waals surface area (Å²) in [6.07, 6.45) is 0. The molecule has 15 heteroatoms. The highest BCUT2D eigenvalue weighted by Gasteiger charge is 1.72. The van der Waals surface area contributed by atoms with E-state index in [9.17, 15) is 9.59 Å². The van der Waals surface area contributed by atoms with Gasteiger partial charge in [-0.15, -0.1) is 0 Å². The molecule has 0 aliphatic carbocycles. The van der Waals surface area contributed by atoms with Gasteiger partial charge in [0.1, 0.15) is 5.78 Å². The first kappa shape index (κ1) is 125. The molecule has 0 aromatic heterocycles. The highest BCUT2D eigenvalue weighted by Crippen LogP contribution is 1.50. The van der Waals surface area contributed by atoms with Crippen molar-refractivity contribution >= 4 is 24.1 Å². The molecule has 0 atom stereocenters. The van der Waals surface area contributed by atoms with Gasteiger partial charge in [-0.1, -0.05) is 71.2 Å². The molecular formula is C28H87F3N6O6. The van der Waals surface area contributed by atoms with Crippen molar-refractivity contribution in [1.29, 1.82) is 0 Å². The number of aliphatic carboxylic acids is 1. The third-order valence-corrected chi connectivity index (χ3v) is 1.16. The van der Waals surface area contributed by atoms with Crippen molar-refractivity contribution in [3.05, 3.63) is 0 Å². The molecule has 0 spiro atoms. The van der Waals surface area contributed by atoms with Crippen molar-refractivity contribution in [2.45, 2.75) is 98.9 Å². The lowest BCUT2D eigenvalue weighted by Gasteiger charge is -1.80. The number of hydrogen-bond acceptors (Lipinski definition) is 10. The molecule has 0 aromatic rings. The summed E-state index contributed by atoms with van der Waals surface area (Å²) in [6.45, 7) is 20.3. The summed E-state index contributed by atoms with van der Waals surface area (Å²) in [6, 6.07) is 0. The number of hydrogen-bond donors (Lipinski definition) is 7. The number of carbonyl (C=O) groups is 4. The molecule has 0 radical (unpaired) electrons. The van der Waals surface area contributed by atoms with Crippen LogP contribution in [0.1, 0.15) is 98.9 Å². The Morgan fingerprint density at radius 3 is 0.744 bits per heavy atom. The molecule has 9 N–H and O–H groups in total. The fraction of sp³-hybridized carbons (Fsp3) is 0.857. The molecule has 1 amide bonds. The van der Waals surface area contributed by atoms with Crippen molar-refractivity contribution in [2.24, 2.45) is 11.5 Å². The van der Waals surface area contributed by atoms with Crippen LogP contribution in [0.3, 0.4) is 0 Å². The maximum Gasteiger partial charge on any atom is 0.300 e. The number of ketones is 1. The van der Waals surface area contributed by atoms with Gasteiger partial charge in [0.25, 0.3) is 12.4 Å². The number of nitrogens with one attached hydrogen (secondary N) is 4. The van der Waals surface area contributed by atoms with E-state index in [-0.39, 0.29) is 55.5 Å². The summed E-state index contributed by atoms with van der Waals surface area (Å²) >= 11 is 0. The van der Waals surface area contributed by atoms with Gasteiger partial charge in [0.05, 0.1) is 7.11 Å². The summed E-state index contributed by atoms with van der Waals surface area (Å²) < 4.78 is 3.86. The maximum absolute atomic E-state index is 9.70. The van der Waals surface area contributed by atoms with Gasteiger partial charge >= 0.3 is 0 Å². The number of halogens is 3. The van der Waals surface area contributed by atoms with Crippen LogP contribution in [-0.4, -0.2) is 98.8 Å². The lowest BCUT2D eigenvalue weighted by molar-refractivity contribution is -0.134. The number of carboxylic acids is 1. The van der Waals surface area contributed by atoms with Crippen LogP contribution >= 0.6 is 0 Å². The molecule has 286 valence electrons. The molecule has 0 bridgehead atoms. The molecule has 0 saturated heterocycles. The highest BCUT2D eigenvalue weighted by atomic mass is 19.0. The largest absolute Gasteiger partial charge is 0.481 e. The minimum atomic E-state index is -0.833. The first-order valence-electron chi connectivity index (χ1n) is 11.7. The number of nitrogens with two attached hydrogens (primary N) is 2. The quantitative estimate of drug-likeness (QED) is 0.207. The molecule has 0 aromatic carbocycles. The van der Waals surface area contributed by atoms with Crippen LogP contribution in [0, 0.1) is 0 Å². The second-order valence-electron chi connectivity index (χ2n) is 4.48. The van der Waals surface area contributed by atoms with E-state index in [0.717, 1.165) is 20.0 Å². The summed E-state index contributed by atoms with van der Waals surface area (Å²) in [5, 5.41) is 18.4. The standard InChI is InChI=1S/C3H7NO.2C3H9N.C3H6O.C2H7N.2C2H4O2.2C2H6.2CH5N.4CH4.3FH/c1-3(5)4-2;2*1-3-4-2;1-3(2)4;1-3-2;1-4-2-3;1-2(3)4;4*1-2;;;;;;;/h1-2H3,(H,4,5);2*4H,3H2,1-2H3;1-2H3;3H,1-2H3;2H,1H3;1H3,(H,3,4);2*1-2H3;2*2H2,1H3;4*1H4;3*1H. The number of carboxylic acid groups (broad SMARTS) is 1. The predicted molar refractivity (Wildman–Crippen MR) is 194 cm³/mol. The van der Waals surface area contributed by atoms with Crippen LogP contribution < -0.4 is 32.7 Å². The smallest absolute Gasteiger partial charge is 0.300 e. The molecule has 0 saturated carbocycles. The Morgan fingerprint density at radius 1 is 0.674 bits per heavy atom. The van der Waals surface area contributed by atoms with Crippen molar-refractivity contribution in [3.63, 3.8) is 0 Å². The Balaban J connectivity index is -0.00000000996. The van der Waals surface area contributed by atoms with Crippen molar-refractivity contribution in [2.75, 3.05) is 69.5 Å². The van der Waals surface area contributed by atoms with Gasteiger partial charge in [0.15, 0.2) is 0 Å². The van der Waals surface area contributed by atoms with Gasteiger partial charge in [-0.05, 0) is 69.2 Å². The lowest BCUT2D eigenvalue weighted by Crippen LogP contribution is -2.11. The number of methoxy groups -OCH3 is 1. The van der Waals surface area contributed by atoms with Crippen molar-refractivity contribution in [1.82, 2.24) is 21.3 Å². The molecule has 12 nitrogen and oxygen atoms in total. The van der Waals surface area contributed by atoms with Crippen LogP contribution in [-0.2, 0) is 23.9 Å². The van der Waals surface area contributed by atoms with Gasteiger partial charge in [0, 0.05) is 20.9 Å². The normalized spacial score (nSPS) is 4.84.